The van der Waals surface area contributed by atoms with E-state index in [2.05, 4.69) is 15.8 Å². The summed E-state index contributed by atoms with van der Waals surface area (Å²) < 4.78 is 0. The summed E-state index contributed by atoms with van der Waals surface area (Å²) in [4.78, 5) is 47.4. The van der Waals surface area contributed by atoms with E-state index in [1.807, 2.05) is 0 Å². The third-order valence-electron chi connectivity index (χ3n) is 3.05. The molecular weight excluding hydrogens is 252 g/mol. The van der Waals surface area contributed by atoms with Crippen molar-refractivity contribution in [2.24, 2.45) is 5.10 Å². The van der Waals surface area contributed by atoms with Gasteiger partial charge in [0.15, 0.2) is 0 Å². The van der Waals surface area contributed by atoms with Crippen LogP contribution in [0.1, 0.15) is 26.2 Å². The zero-order chi connectivity index (χ0) is 14.0. The number of carbonyl (C=O) groups is 4. The molecule has 102 valence electrons. The van der Waals surface area contributed by atoms with Gasteiger partial charge in [-0.3, -0.25) is 24.5 Å². The molecular formula is C11H14N4O4. The van der Waals surface area contributed by atoms with Crippen molar-refractivity contribution < 1.29 is 19.2 Å². The number of rotatable bonds is 2. The first-order valence-electron chi connectivity index (χ1n) is 6.03. The van der Waals surface area contributed by atoms with Crippen LogP contribution in [0.3, 0.4) is 0 Å². The minimum absolute atomic E-state index is 0.167. The van der Waals surface area contributed by atoms with Crippen LogP contribution in [0, 0.1) is 0 Å². The summed E-state index contributed by atoms with van der Waals surface area (Å²) >= 11 is 0. The maximum absolute atomic E-state index is 12.2. The first-order valence-corrected chi connectivity index (χ1v) is 6.03. The van der Waals surface area contributed by atoms with E-state index in [1.165, 1.54) is 4.90 Å². The molecule has 0 aliphatic carbocycles. The van der Waals surface area contributed by atoms with Crippen LogP contribution in [-0.2, 0) is 19.2 Å². The highest BCUT2D eigenvalue weighted by Crippen LogP contribution is 2.12. The van der Waals surface area contributed by atoms with E-state index >= 15 is 0 Å². The van der Waals surface area contributed by atoms with Crippen molar-refractivity contribution in [2.45, 2.75) is 32.2 Å². The summed E-state index contributed by atoms with van der Waals surface area (Å²) in [6.07, 6.45) is 0.799. The molecule has 0 aromatic heterocycles. The molecule has 1 fully saturated rings. The molecule has 8 heteroatoms. The number of hydrogen-bond acceptors (Lipinski definition) is 5. The Kier molecular flexibility index (Phi) is 3.59. The molecule has 1 unspecified atom stereocenters. The summed E-state index contributed by atoms with van der Waals surface area (Å²) in [6, 6.07) is -0.675. The number of hydrogen-bond donors (Lipinski definition) is 2. The quantitative estimate of drug-likeness (QED) is 0.594. The van der Waals surface area contributed by atoms with Crippen molar-refractivity contribution in [3.8, 4) is 0 Å². The molecule has 0 bridgehead atoms. The molecule has 0 spiro atoms. The second-order valence-corrected chi connectivity index (χ2v) is 4.36. The molecule has 2 aliphatic heterocycles. The van der Waals surface area contributed by atoms with Crippen LogP contribution in [0.4, 0.5) is 0 Å². The third kappa shape index (κ3) is 2.61. The molecule has 0 saturated carbocycles. The highest BCUT2D eigenvalue weighted by Gasteiger charge is 2.37. The van der Waals surface area contributed by atoms with Crippen molar-refractivity contribution in [3.63, 3.8) is 0 Å². The molecule has 8 nitrogen and oxygen atoms in total. The van der Waals surface area contributed by atoms with Crippen LogP contribution < -0.4 is 10.7 Å². The predicted octanol–water partition coefficient (Wildman–Crippen LogP) is -1.48. The molecule has 4 amide bonds. The molecule has 0 aromatic carbocycles. The minimum atomic E-state index is -0.675. The van der Waals surface area contributed by atoms with Gasteiger partial charge in [0, 0.05) is 12.8 Å². The summed E-state index contributed by atoms with van der Waals surface area (Å²) in [5.74, 6) is -1.72. The lowest BCUT2D eigenvalue weighted by Gasteiger charge is -2.33. The van der Waals surface area contributed by atoms with Gasteiger partial charge in [0.05, 0.1) is 0 Å². The van der Waals surface area contributed by atoms with Gasteiger partial charge in [-0.25, -0.2) is 5.43 Å². The van der Waals surface area contributed by atoms with Gasteiger partial charge in [-0.1, -0.05) is 6.92 Å². The zero-order valence-electron chi connectivity index (χ0n) is 10.4. The minimum Gasteiger partial charge on any atom is -0.316 e. The molecule has 1 saturated heterocycles. The molecule has 2 N–H and O–H groups in total. The lowest BCUT2D eigenvalue weighted by Crippen LogP contribution is -2.61. The van der Waals surface area contributed by atoms with E-state index in [1.54, 1.807) is 6.92 Å². The van der Waals surface area contributed by atoms with Crippen LogP contribution >= 0.6 is 0 Å². The Balaban J connectivity index is 2.18. The van der Waals surface area contributed by atoms with Crippen molar-refractivity contribution in [3.05, 3.63) is 0 Å². The van der Waals surface area contributed by atoms with E-state index in [4.69, 9.17) is 0 Å². The van der Waals surface area contributed by atoms with E-state index in [9.17, 15) is 19.2 Å². The van der Waals surface area contributed by atoms with Gasteiger partial charge < -0.3 is 4.90 Å². The van der Waals surface area contributed by atoms with Gasteiger partial charge >= 0.3 is 0 Å². The number of nitrogens with zero attached hydrogens (tertiary/aromatic N) is 2. The molecule has 19 heavy (non-hydrogen) atoms. The van der Waals surface area contributed by atoms with Crippen molar-refractivity contribution in [1.82, 2.24) is 15.6 Å². The topological polar surface area (TPSA) is 108 Å². The fourth-order valence-corrected chi connectivity index (χ4v) is 2.08. The van der Waals surface area contributed by atoms with Gasteiger partial charge in [-0.05, 0) is 6.42 Å². The average Bonchev–Trinajstić information content (AvgIpc) is 2.38. The second-order valence-electron chi connectivity index (χ2n) is 4.36. The van der Waals surface area contributed by atoms with Gasteiger partial charge in [0.2, 0.25) is 17.7 Å². The second kappa shape index (κ2) is 5.17. The Morgan fingerprint density at radius 2 is 2.05 bits per heavy atom. The fourth-order valence-electron chi connectivity index (χ4n) is 2.08. The Bertz CT molecular complexity index is 485. The standard InChI is InChI=1S/C11H14N4O4/c1-2-7-10(18)12-9(17)5-15(7)11(19)6-3-4-8(16)14-13-6/h7H,2-5H2,1H3,(H,14,16)(H,12,17,18). The van der Waals surface area contributed by atoms with E-state index in [0.29, 0.717) is 6.42 Å². The Morgan fingerprint density at radius 3 is 2.63 bits per heavy atom. The van der Waals surface area contributed by atoms with Gasteiger partial charge in [0.25, 0.3) is 5.91 Å². The van der Waals surface area contributed by atoms with Crippen molar-refractivity contribution >= 4 is 29.3 Å². The zero-order valence-corrected chi connectivity index (χ0v) is 10.4. The molecule has 2 heterocycles. The van der Waals surface area contributed by atoms with Crippen LogP contribution in [0.25, 0.3) is 0 Å². The number of amides is 4. The first-order chi connectivity index (χ1) is 9.02. The highest BCUT2D eigenvalue weighted by molar-refractivity contribution is 6.40. The summed E-state index contributed by atoms with van der Waals surface area (Å²) in [5.41, 5.74) is 2.39. The van der Waals surface area contributed by atoms with Gasteiger partial charge in [-0.15, -0.1) is 0 Å². The van der Waals surface area contributed by atoms with Crippen LogP contribution in [-0.4, -0.2) is 46.8 Å². The van der Waals surface area contributed by atoms with Crippen LogP contribution in [0.15, 0.2) is 5.10 Å². The number of hydrazone groups is 1. The van der Waals surface area contributed by atoms with E-state index < -0.39 is 23.8 Å². The SMILES string of the molecule is CCC1C(=O)NC(=O)CN1C(=O)C1=NNC(=O)CC1. The lowest BCUT2D eigenvalue weighted by atomic mass is 10.1. The van der Waals surface area contributed by atoms with Gasteiger partial charge in [0.1, 0.15) is 18.3 Å². The maximum Gasteiger partial charge on any atom is 0.271 e. The summed E-state index contributed by atoms with van der Waals surface area (Å²) in [5, 5.41) is 5.88. The molecule has 0 aromatic rings. The van der Waals surface area contributed by atoms with E-state index in [0.717, 1.165) is 0 Å². The highest BCUT2D eigenvalue weighted by atomic mass is 16.2. The fraction of sp³-hybridized carbons (Fsp3) is 0.545. The maximum atomic E-state index is 12.2. The van der Waals surface area contributed by atoms with Crippen molar-refractivity contribution in [2.75, 3.05) is 6.54 Å². The largest absolute Gasteiger partial charge is 0.316 e. The monoisotopic (exact) mass is 266 g/mol. The van der Waals surface area contributed by atoms with Gasteiger partial charge in [-0.2, -0.15) is 5.10 Å². The number of carbonyl (C=O) groups excluding carboxylic acids is 4. The number of piperazine rings is 1. The Hall–Kier alpha value is -2.25. The third-order valence-corrected chi connectivity index (χ3v) is 3.05. The first kappa shape index (κ1) is 13.2. The lowest BCUT2D eigenvalue weighted by molar-refractivity contribution is -0.147. The molecule has 0 radical (unpaired) electrons. The number of imide groups is 1. The average molecular weight is 266 g/mol. The van der Waals surface area contributed by atoms with Crippen molar-refractivity contribution in [1.29, 1.82) is 0 Å². The smallest absolute Gasteiger partial charge is 0.271 e. The summed E-state index contributed by atoms with van der Waals surface area (Å²) in [6.45, 7) is 1.58. The van der Waals surface area contributed by atoms with Crippen LogP contribution in [0.5, 0.6) is 0 Å². The summed E-state index contributed by atoms with van der Waals surface area (Å²) in [7, 11) is 0. The van der Waals surface area contributed by atoms with Crippen LogP contribution in [0.2, 0.25) is 0 Å². The molecule has 1 atom stereocenters. The number of nitrogens with one attached hydrogen (secondary N) is 2. The molecule has 2 rings (SSSR count). The Labute approximate surface area is 109 Å². The Morgan fingerprint density at radius 1 is 1.32 bits per heavy atom. The predicted molar refractivity (Wildman–Crippen MR) is 63.8 cm³/mol. The van der Waals surface area contributed by atoms with E-state index in [-0.39, 0.29) is 31.0 Å². The molecule has 2 aliphatic rings. The normalized spacial score (nSPS) is 23.6.